The number of benzene rings is 1. The van der Waals surface area contributed by atoms with Gasteiger partial charge < -0.3 is 5.32 Å². The Labute approximate surface area is 109 Å². The first-order valence-electron chi connectivity index (χ1n) is 6.11. The highest BCUT2D eigenvalue weighted by Crippen LogP contribution is 2.43. The van der Waals surface area contributed by atoms with E-state index in [1.165, 1.54) is 17.6 Å². The van der Waals surface area contributed by atoms with E-state index in [0.717, 1.165) is 29.4 Å². The first kappa shape index (κ1) is 11.6. The quantitative estimate of drug-likeness (QED) is 0.920. The molecule has 0 spiro atoms. The summed E-state index contributed by atoms with van der Waals surface area (Å²) in [7, 11) is 0. The van der Waals surface area contributed by atoms with E-state index in [1.54, 1.807) is 12.1 Å². The van der Waals surface area contributed by atoms with Crippen LogP contribution in [0.4, 0.5) is 9.52 Å². The number of hydrogen-bond donors (Lipinski definition) is 1. The van der Waals surface area contributed by atoms with Crippen LogP contribution in [0.25, 0.3) is 0 Å². The van der Waals surface area contributed by atoms with Crippen LogP contribution in [0.5, 0.6) is 0 Å². The van der Waals surface area contributed by atoms with Crippen molar-refractivity contribution in [2.24, 2.45) is 0 Å². The van der Waals surface area contributed by atoms with Gasteiger partial charge in [-0.1, -0.05) is 19.1 Å². The van der Waals surface area contributed by atoms with E-state index in [9.17, 15) is 4.39 Å². The highest BCUT2D eigenvalue weighted by Gasteiger charge is 2.39. The van der Waals surface area contributed by atoms with Crippen LogP contribution in [0, 0.1) is 5.82 Å². The molecule has 18 heavy (non-hydrogen) atoms. The molecule has 0 amide bonds. The van der Waals surface area contributed by atoms with Gasteiger partial charge in [-0.15, -0.1) is 0 Å². The number of nitrogens with one attached hydrogen (secondary N) is 1. The molecule has 3 nitrogen and oxygen atoms in total. The predicted molar refractivity (Wildman–Crippen MR) is 70.5 cm³/mol. The molecule has 3 rings (SSSR count). The molecular formula is C13H14FN3S. The molecule has 0 saturated heterocycles. The van der Waals surface area contributed by atoms with Crippen LogP contribution in [0.15, 0.2) is 24.3 Å². The zero-order chi connectivity index (χ0) is 12.5. The van der Waals surface area contributed by atoms with Gasteiger partial charge in [0.1, 0.15) is 11.6 Å². The molecule has 0 bridgehead atoms. The lowest BCUT2D eigenvalue weighted by molar-refractivity contribution is 0.625. The number of aromatic nitrogens is 2. The highest BCUT2D eigenvalue weighted by molar-refractivity contribution is 7.09. The second-order valence-corrected chi connectivity index (χ2v) is 5.27. The lowest BCUT2D eigenvalue weighted by Gasteiger charge is -2.01. The van der Waals surface area contributed by atoms with Gasteiger partial charge in [0.2, 0.25) is 5.13 Å². The predicted octanol–water partition coefficient (Wildman–Crippen LogP) is 3.21. The Morgan fingerprint density at radius 2 is 2.39 bits per heavy atom. The fourth-order valence-electron chi connectivity index (χ4n) is 2.07. The van der Waals surface area contributed by atoms with Crippen molar-refractivity contribution in [1.29, 1.82) is 0 Å². The van der Waals surface area contributed by atoms with E-state index in [4.69, 9.17) is 0 Å². The molecule has 1 fully saturated rings. The lowest BCUT2D eigenvalue weighted by atomic mass is 10.1. The summed E-state index contributed by atoms with van der Waals surface area (Å²) in [6.45, 7) is 2.04. The van der Waals surface area contributed by atoms with Crippen LogP contribution >= 0.6 is 11.5 Å². The molecule has 1 aromatic heterocycles. The van der Waals surface area contributed by atoms with E-state index in [-0.39, 0.29) is 5.82 Å². The summed E-state index contributed by atoms with van der Waals surface area (Å²) in [4.78, 5) is 4.38. The van der Waals surface area contributed by atoms with Crippen molar-refractivity contribution in [3.63, 3.8) is 0 Å². The standard InChI is InChI=1S/C13H14FN3S/c1-2-12-16-13(18-17-12)15-11-7-10(11)8-4-3-5-9(14)6-8/h3-6,10-11H,2,7H2,1H3,(H,15,16,17)/t10-,11+/m0/s1. The summed E-state index contributed by atoms with van der Waals surface area (Å²) >= 11 is 1.40. The van der Waals surface area contributed by atoms with Gasteiger partial charge in [0, 0.05) is 29.9 Å². The van der Waals surface area contributed by atoms with Crippen LogP contribution in [0.1, 0.15) is 30.7 Å². The van der Waals surface area contributed by atoms with Crippen LogP contribution in [-0.4, -0.2) is 15.4 Å². The molecule has 0 unspecified atom stereocenters. The third kappa shape index (κ3) is 2.36. The Morgan fingerprint density at radius 1 is 1.50 bits per heavy atom. The largest absolute Gasteiger partial charge is 0.357 e. The fraction of sp³-hybridized carbons (Fsp3) is 0.385. The summed E-state index contributed by atoms with van der Waals surface area (Å²) in [5.74, 6) is 1.11. The summed E-state index contributed by atoms with van der Waals surface area (Å²) in [5.41, 5.74) is 1.06. The molecule has 0 radical (unpaired) electrons. The molecule has 0 aliphatic heterocycles. The van der Waals surface area contributed by atoms with Gasteiger partial charge in [0.05, 0.1) is 0 Å². The molecule has 1 aliphatic carbocycles. The SMILES string of the molecule is CCc1nsc(N[C@@H]2C[C@H]2c2cccc(F)c2)n1. The number of halogens is 1. The van der Waals surface area contributed by atoms with Crippen LogP contribution in [-0.2, 0) is 6.42 Å². The molecule has 1 saturated carbocycles. The summed E-state index contributed by atoms with van der Waals surface area (Å²) < 4.78 is 17.4. The minimum atomic E-state index is -0.165. The third-order valence-electron chi connectivity index (χ3n) is 3.16. The second-order valence-electron chi connectivity index (χ2n) is 4.52. The van der Waals surface area contributed by atoms with Gasteiger partial charge in [-0.25, -0.2) is 9.37 Å². The van der Waals surface area contributed by atoms with Gasteiger partial charge in [0.25, 0.3) is 0 Å². The molecule has 1 aliphatic rings. The zero-order valence-corrected chi connectivity index (χ0v) is 10.9. The Bertz CT molecular complexity index is 555. The maximum Gasteiger partial charge on any atom is 0.202 e. The van der Waals surface area contributed by atoms with E-state index < -0.39 is 0 Å². The van der Waals surface area contributed by atoms with Crippen molar-refractivity contribution in [3.8, 4) is 0 Å². The number of aryl methyl sites for hydroxylation is 1. The Hall–Kier alpha value is -1.49. The van der Waals surface area contributed by atoms with Crippen molar-refractivity contribution < 1.29 is 4.39 Å². The number of nitrogens with zero attached hydrogens (tertiary/aromatic N) is 2. The minimum Gasteiger partial charge on any atom is -0.357 e. The maximum absolute atomic E-state index is 13.1. The molecule has 1 heterocycles. The smallest absolute Gasteiger partial charge is 0.202 e. The van der Waals surface area contributed by atoms with Gasteiger partial charge in [-0.05, 0) is 24.1 Å². The highest BCUT2D eigenvalue weighted by atomic mass is 32.1. The Morgan fingerprint density at radius 3 is 3.11 bits per heavy atom. The van der Waals surface area contributed by atoms with Crippen molar-refractivity contribution in [1.82, 2.24) is 9.36 Å². The molecule has 1 aromatic carbocycles. The minimum absolute atomic E-state index is 0.165. The van der Waals surface area contributed by atoms with E-state index >= 15 is 0 Å². The van der Waals surface area contributed by atoms with Crippen molar-refractivity contribution in [2.75, 3.05) is 5.32 Å². The van der Waals surface area contributed by atoms with Crippen LogP contribution in [0.2, 0.25) is 0 Å². The fourth-order valence-corrected chi connectivity index (χ4v) is 2.79. The van der Waals surface area contributed by atoms with E-state index in [0.29, 0.717) is 12.0 Å². The number of anilines is 1. The van der Waals surface area contributed by atoms with Crippen molar-refractivity contribution >= 4 is 16.7 Å². The molecule has 2 aromatic rings. The zero-order valence-electron chi connectivity index (χ0n) is 10.1. The second kappa shape index (κ2) is 4.65. The van der Waals surface area contributed by atoms with Gasteiger partial charge in [0.15, 0.2) is 0 Å². The van der Waals surface area contributed by atoms with Crippen molar-refractivity contribution in [3.05, 3.63) is 41.5 Å². The summed E-state index contributed by atoms with van der Waals surface area (Å²) in [6, 6.07) is 7.20. The topological polar surface area (TPSA) is 37.8 Å². The van der Waals surface area contributed by atoms with Gasteiger partial charge in [-0.3, -0.25) is 0 Å². The monoisotopic (exact) mass is 263 g/mol. The number of hydrogen-bond acceptors (Lipinski definition) is 4. The number of rotatable bonds is 4. The molecule has 94 valence electrons. The average molecular weight is 263 g/mol. The molecule has 5 heteroatoms. The Kier molecular flexibility index (Phi) is 2.99. The van der Waals surface area contributed by atoms with E-state index in [2.05, 4.69) is 14.7 Å². The van der Waals surface area contributed by atoms with Crippen LogP contribution < -0.4 is 5.32 Å². The normalized spacial score (nSPS) is 21.9. The van der Waals surface area contributed by atoms with Gasteiger partial charge >= 0.3 is 0 Å². The van der Waals surface area contributed by atoms with Crippen molar-refractivity contribution in [2.45, 2.75) is 31.7 Å². The maximum atomic E-state index is 13.1. The van der Waals surface area contributed by atoms with Gasteiger partial charge in [-0.2, -0.15) is 4.37 Å². The lowest BCUT2D eigenvalue weighted by Crippen LogP contribution is -2.03. The molecule has 1 N–H and O–H groups in total. The molecular weight excluding hydrogens is 249 g/mol. The molecule has 2 atom stereocenters. The summed E-state index contributed by atoms with van der Waals surface area (Å²) in [5, 5.41) is 4.23. The first-order valence-corrected chi connectivity index (χ1v) is 6.88. The average Bonchev–Trinajstić information content (AvgIpc) is 2.97. The third-order valence-corrected chi connectivity index (χ3v) is 3.84. The van der Waals surface area contributed by atoms with Crippen LogP contribution in [0.3, 0.4) is 0 Å². The van der Waals surface area contributed by atoms with E-state index in [1.807, 2.05) is 13.0 Å². The Balaban J connectivity index is 1.64. The summed E-state index contributed by atoms with van der Waals surface area (Å²) in [6.07, 6.45) is 1.89. The first-order chi connectivity index (χ1) is 8.76.